The third-order valence-electron chi connectivity index (χ3n) is 2.30. The third kappa shape index (κ3) is 4.45. The molecule has 0 radical (unpaired) electrons. The Morgan fingerprint density at radius 3 is 2.43 bits per heavy atom. The first-order valence-corrected chi connectivity index (χ1v) is 8.75. The number of thiophene rings is 1. The average Bonchev–Trinajstić information content (AvgIpc) is 2.85. The summed E-state index contributed by atoms with van der Waals surface area (Å²) in [6.07, 6.45) is 0. The fourth-order valence-corrected chi connectivity index (χ4v) is 4.49. The number of carbonyl (C=O) groups excluding carboxylic acids is 1. The molecule has 0 unspecified atom stereocenters. The predicted molar refractivity (Wildman–Crippen MR) is 84.0 cm³/mol. The van der Waals surface area contributed by atoms with E-state index in [2.05, 4.69) is 20.7 Å². The van der Waals surface area contributed by atoms with Crippen LogP contribution in [0.5, 0.6) is 5.75 Å². The normalized spacial score (nSPS) is 11.1. The molecule has 2 rings (SSSR count). The smallest absolute Gasteiger partial charge is 0.271 e. The number of nitrogens with two attached hydrogens (primary N) is 1. The lowest BCUT2D eigenvalue weighted by atomic mass is 10.3. The number of primary amides is 1. The lowest BCUT2D eigenvalue weighted by Crippen LogP contribution is -2.20. The van der Waals surface area contributed by atoms with Gasteiger partial charge in [-0.3, -0.25) is 9.52 Å². The summed E-state index contributed by atoms with van der Waals surface area (Å²) in [5, 5.41) is 0. The standard InChI is InChI=1S/C12H11BrN2O4S2/c13-10-5-6-12(20-10)21(17,18)15-8-1-3-9(4-2-8)19-7-11(14)16/h1-6,15H,7H2,(H2,14,16). The lowest BCUT2D eigenvalue weighted by molar-refractivity contribution is -0.119. The molecular formula is C12H11BrN2O4S2. The van der Waals surface area contributed by atoms with E-state index in [1.54, 1.807) is 18.2 Å². The zero-order valence-electron chi connectivity index (χ0n) is 10.6. The van der Waals surface area contributed by atoms with Crippen molar-refractivity contribution < 1.29 is 17.9 Å². The van der Waals surface area contributed by atoms with Gasteiger partial charge in [-0.25, -0.2) is 8.42 Å². The van der Waals surface area contributed by atoms with Gasteiger partial charge in [0.15, 0.2) is 6.61 Å². The van der Waals surface area contributed by atoms with Crippen LogP contribution in [0.15, 0.2) is 44.4 Å². The monoisotopic (exact) mass is 390 g/mol. The number of anilines is 1. The molecule has 3 N–H and O–H groups in total. The van der Waals surface area contributed by atoms with Gasteiger partial charge in [0, 0.05) is 5.69 Å². The van der Waals surface area contributed by atoms with E-state index in [9.17, 15) is 13.2 Å². The van der Waals surface area contributed by atoms with E-state index in [0.717, 1.165) is 15.1 Å². The van der Waals surface area contributed by atoms with Crippen LogP contribution in [0.1, 0.15) is 0 Å². The molecule has 112 valence electrons. The van der Waals surface area contributed by atoms with Crippen molar-refractivity contribution in [3.05, 3.63) is 40.2 Å². The Kier molecular flexibility index (Phi) is 4.86. The van der Waals surface area contributed by atoms with Crippen LogP contribution in [0.4, 0.5) is 5.69 Å². The number of nitrogens with one attached hydrogen (secondary N) is 1. The second-order valence-corrected chi connectivity index (χ2v) is 8.32. The first kappa shape index (κ1) is 15.8. The van der Waals surface area contributed by atoms with Gasteiger partial charge in [-0.1, -0.05) is 0 Å². The molecule has 1 heterocycles. The van der Waals surface area contributed by atoms with Gasteiger partial charge < -0.3 is 10.5 Å². The highest BCUT2D eigenvalue weighted by molar-refractivity contribution is 9.11. The second-order valence-electron chi connectivity index (χ2n) is 3.94. The SMILES string of the molecule is NC(=O)COc1ccc(NS(=O)(=O)c2ccc(Br)s2)cc1. The average molecular weight is 391 g/mol. The summed E-state index contributed by atoms with van der Waals surface area (Å²) in [6.45, 7) is -0.228. The number of hydrogen-bond acceptors (Lipinski definition) is 5. The van der Waals surface area contributed by atoms with Crippen LogP contribution in [0.3, 0.4) is 0 Å². The molecule has 21 heavy (non-hydrogen) atoms. The van der Waals surface area contributed by atoms with Crippen molar-refractivity contribution in [2.24, 2.45) is 5.73 Å². The van der Waals surface area contributed by atoms with Gasteiger partial charge >= 0.3 is 0 Å². The van der Waals surface area contributed by atoms with Crippen molar-refractivity contribution in [2.75, 3.05) is 11.3 Å². The van der Waals surface area contributed by atoms with Crippen LogP contribution in [-0.4, -0.2) is 20.9 Å². The Labute approximate surface area is 134 Å². The van der Waals surface area contributed by atoms with E-state index in [1.807, 2.05) is 0 Å². The highest BCUT2D eigenvalue weighted by atomic mass is 79.9. The fraction of sp³-hybridized carbons (Fsp3) is 0.0833. The minimum absolute atomic E-state index is 0.212. The molecule has 1 aromatic heterocycles. The maximum absolute atomic E-state index is 12.1. The molecule has 2 aromatic rings. The third-order valence-corrected chi connectivity index (χ3v) is 5.80. The van der Waals surface area contributed by atoms with E-state index < -0.39 is 15.9 Å². The Morgan fingerprint density at radius 2 is 1.90 bits per heavy atom. The molecule has 9 heteroatoms. The summed E-state index contributed by atoms with van der Waals surface area (Å²) >= 11 is 4.34. The maximum atomic E-state index is 12.1. The summed E-state index contributed by atoms with van der Waals surface area (Å²) < 4.78 is 32.7. The van der Waals surface area contributed by atoms with Crippen molar-refractivity contribution in [3.8, 4) is 5.75 Å². The molecule has 0 aliphatic rings. The first-order chi connectivity index (χ1) is 9.87. The molecule has 0 atom stereocenters. The van der Waals surface area contributed by atoms with Crippen molar-refractivity contribution in [2.45, 2.75) is 4.21 Å². The number of benzene rings is 1. The largest absolute Gasteiger partial charge is 0.484 e. The Hall–Kier alpha value is -1.58. The molecule has 0 bridgehead atoms. The van der Waals surface area contributed by atoms with Crippen LogP contribution < -0.4 is 15.2 Å². The van der Waals surface area contributed by atoms with Gasteiger partial charge in [-0.2, -0.15) is 0 Å². The molecule has 1 aromatic carbocycles. The Morgan fingerprint density at radius 1 is 1.24 bits per heavy atom. The predicted octanol–water partition coefficient (Wildman–Crippen LogP) is 2.18. The molecule has 0 spiro atoms. The van der Waals surface area contributed by atoms with Gasteiger partial charge in [0.05, 0.1) is 3.79 Å². The summed E-state index contributed by atoms with van der Waals surface area (Å²) in [6, 6.07) is 9.35. The number of sulfonamides is 1. The summed E-state index contributed by atoms with van der Waals surface area (Å²) in [4.78, 5) is 10.6. The minimum atomic E-state index is -3.61. The van der Waals surface area contributed by atoms with Gasteiger partial charge in [0.25, 0.3) is 15.9 Å². The lowest BCUT2D eigenvalue weighted by Gasteiger charge is -2.08. The van der Waals surface area contributed by atoms with E-state index >= 15 is 0 Å². The highest BCUT2D eigenvalue weighted by Gasteiger charge is 2.16. The molecular weight excluding hydrogens is 380 g/mol. The molecule has 1 amide bonds. The molecule has 0 saturated heterocycles. The Balaban J connectivity index is 2.08. The maximum Gasteiger partial charge on any atom is 0.271 e. The number of hydrogen-bond donors (Lipinski definition) is 2. The molecule has 0 aliphatic carbocycles. The first-order valence-electron chi connectivity index (χ1n) is 5.66. The number of rotatable bonds is 6. The van der Waals surface area contributed by atoms with Gasteiger partial charge in [0.2, 0.25) is 0 Å². The van der Waals surface area contributed by atoms with Crippen LogP contribution in [0.2, 0.25) is 0 Å². The minimum Gasteiger partial charge on any atom is -0.484 e. The van der Waals surface area contributed by atoms with Crippen LogP contribution >= 0.6 is 27.3 Å². The van der Waals surface area contributed by atoms with Crippen molar-refractivity contribution in [1.29, 1.82) is 0 Å². The molecule has 0 fully saturated rings. The fourth-order valence-electron chi connectivity index (χ4n) is 1.42. The number of ether oxygens (including phenoxy) is 1. The zero-order valence-corrected chi connectivity index (χ0v) is 13.8. The van der Waals surface area contributed by atoms with Gasteiger partial charge in [-0.15, -0.1) is 11.3 Å². The van der Waals surface area contributed by atoms with E-state index in [4.69, 9.17) is 10.5 Å². The van der Waals surface area contributed by atoms with E-state index in [1.165, 1.54) is 18.2 Å². The van der Waals surface area contributed by atoms with Gasteiger partial charge in [0.1, 0.15) is 9.96 Å². The molecule has 6 nitrogen and oxygen atoms in total. The number of halogens is 1. The van der Waals surface area contributed by atoms with E-state index in [0.29, 0.717) is 11.4 Å². The van der Waals surface area contributed by atoms with Crippen molar-refractivity contribution >= 4 is 48.9 Å². The molecule has 0 aliphatic heterocycles. The van der Waals surface area contributed by atoms with Crippen LogP contribution in [0, 0.1) is 0 Å². The Bertz CT molecular complexity index is 741. The molecule has 0 saturated carbocycles. The number of carbonyl (C=O) groups is 1. The van der Waals surface area contributed by atoms with E-state index in [-0.39, 0.29) is 10.8 Å². The highest BCUT2D eigenvalue weighted by Crippen LogP contribution is 2.28. The van der Waals surface area contributed by atoms with Crippen molar-refractivity contribution in [3.63, 3.8) is 0 Å². The zero-order chi connectivity index (χ0) is 15.5. The number of amides is 1. The second kappa shape index (κ2) is 6.46. The van der Waals surface area contributed by atoms with Crippen LogP contribution in [-0.2, 0) is 14.8 Å². The summed E-state index contributed by atoms with van der Waals surface area (Å²) in [5.41, 5.74) is 5.36. The summed E-state index contributed by atoms with van der Waals surface area (Å²) in [5.74, 6) is -0.154. The topological polar surface area (TPSA) is 98.5 Å². The van der Waals surface area contributed by atoms with Crippen molar-refractivity contribution in [1.82, 2.24) is 0 Å². The summed E-state index contributed by atoms with van der Waals surface area (Å²) in [7, 11) is -3.61. The van der Waals surface area contributed by atoms with Gasteiger partial charge in [-0.05, 0) is 52.3 Å². The quantitative estimate of drug-likeness (QED) is 0.789. The van der Waals surface area contributed by atoms with Crippen LogP contribution in [0.25, 0.3) is 0 Å².